The number of fused-ring (bicyclic) bond motifs is 1. The van der Waals surface area contributed by atoms with Crippen molar-refractivity contribution < 1.29 is 4.79 Å². The monoisotopic (exact) mass is 329 g/mol. The molecule has 6 nitrogen and oxygen atoms in total. The van der Waals surface area contributed by atoms with Gasteiger partial charge in [0.15, 0.2) is 0 Å². The second kappa shape index (κ2) is 6.16. The van der Waals surface area contributed by atoms with E-state index < -0.39 is 0 Å². The summed E-state index contributed by atoms with van der Waals surface area (Å²) in [6, 6.07) is 15.3. The third kappa shape index (κ3) is 2.85. The van der Waals surface area contributed by atoms with Crippen LogP contribution in [0.2, 0.25) is 0 Å². The molecule has 25 heavy (non-hydrogen) atoms. The number of nitrogens with zero attached hydrogens (tertiary/aromatic N) is 5. The van der Waals surface area contributed by atoms with Gasteiger partial charge in [-0.25, -0.2) is 4.68 Å². The average Bonchev–Trinajstić information content (AvgIpc) is 3.28. The lowest BCUT2D eigenvalue weighted by Gasteiger charge is -2.04. The molecule has 0 saturated heterocycles. The van der Waals surface area contributed by atoms with Crippen LogP contribution in [0.25, 0.3) is 10.9 Å². The van der Waals surface area contributed by atoms with Crippen LogP contribution in [0.3, 0.4) is 0 Å². The van der Waals surface area contributed by atoms with E-state index in [1.807, 2.05) is 55.5 Å². The Hall–Kier alpha value is -3.54. The van der Waals surface area contributed by atoms with Crippen LogP contribution < -0.4 is 0 Å². The third-order valence-electron chi connectivity index (χ3n) is 4.00. The minimum Gasteiger partial charge on any atom is -0.282 e. The molecule has 0 fully saturated rings. The third-order valence-corrected chi connectivity index (χ3v) is 4.00. The molecule has 0 aliphatic heterocycles. The second-order valence-corrected chi connectivity index (χ2v) is 5.73. The summed E-state index contributed by atoms with van der Waals surface area (Å²) in [5.74, 6) is -0.0693. The first-order chi connectivity index (χ1) is 12.2. The predicted molar refractivity (Wildman–Crippen MR) is 95.9 cm³/mol. The van der Waals surface area contributed by atoms with Gasteiger partial charge in [-0.15, -0.1) is 10.2 Å². The fourth-order valence-electron chi connectivity index (χ4n) is 2.70. The predicted octanol–water partition coefficient (Wildman–Crippen LogP) is 3.11. The van der Waals surface area contributed by atoms with Crippen molar-refractivity contribution in [2.24, 2.45) is 5.10 Å². The molecule has 0 saturated carbocycles. The first-order valence-corrected chi connectivity index (χ1v) is 7.83. The molecule has 0 bridgehead atoms. The van der Waals surface area contributed by atoms with Crippen LogP contribution in [0, 0.1) is 6.92 Å². The lowest BCUT2D eigenvalue weighted by Crippen LogP contribution is -2.10. The van der Waals surface area contributed by atoms with Crippen molar-refractivity contribution in [3.05, 3.63) is 84.1 Å². The fraction of sp³-hybridized carbons (Fsp3) is 0.0526. The zero-order valence-corrected chi connectivity index (χ0v) is 13.6. The summed E-state index contributed by atoms with van der Waals surface area (Å²) >= 11 is 0. The number of aryl methyl sites for hydroxylation is 1. The van der Waals surface area contributed by atoms with E-state index in [2.05, 4.69) is 15.3 Å². The Balaban J connectivity index is 1.79. The smallest absolute Gasteiger partial charge is 0.262 e. The van der Waals surface area contributed by atoms with Gasteiger partial charge in [0.1, 0.15) is 12.7 Å². The molecule has 0 radical (unpaired) electrons. The average molecular weight is 329 g/mol. The van der Waals surface area contributed by atoms with Gasteiger partial charge in [-0.1, -0.05) is 35.9 Å². The SMILES string of the molecule is Cc1ccc(C(=O)n2cc(/C=N/n3cnnc3)c3ccccc32)cc1. The number of carbonyl (C=O) groups excluding carboxylic acids is 1. The highest BCUT2D eigenvalue weighted by atomic mass is 16.2. The van der Waals surface area contributed by atoms with Crippen molar-refractivity contribution in [1.29, 1.82) is 0 Å². The van der Waals surface area contributed by atoms with Gasteiger partial charge >= 0.3 is 0 Å². The van der Waals surface area contributed by atoms with E-state index in [9.17, 15) is 4.79 Å². The van der Waals surface area contributed by atoms with Gasteiger partial charge in [0, 0.05) is 22.7 Å². The quantitative estimate of drug-likeness (QED) is 0.543. The number of carbonyl (C=O) groups is 1. The van der Waals surface area contributed by atoms with Gasteiger partial charge in [-0.05, 0) is 25.1 Å². The lowest BCUT2D eigenvalue weighted by atomic mass is 10.1. The number of hydrogen-bond donors (Lipinski definition) is 0. The Bertz CT molecular complexity index is 1060. The van der Waals surface area contributed by atoms with Crippen molar-refractivity contribution in [2.45, 2.75) is 6.92 Å². The molecule has 0 amide bonds. The van der Waals surface area contributed by atoms with Crippen LogP contribution in [0.15, 0.2) is 72.5 Å². The molecule has 0 N–H and O–H groups in total. The highest BCUT2D eigenvalue weighted by Gasteiger charge is 2.14. The molecule has 2 aromatic heterocycles. The summed E-state index contributed by atoms with van der Waals surface area (Å²) in [6.45, 7) is 2.00. The molecule has 0 atom stereocenters. The lowest BCUT2D eigenvalue weighted by molar-refractivity contribution is 0.0965. The first kappa shape index (κ1) is 15.0. The molecule has 4 rings (SSSR count). The van der Waals surface area contributed by atoms with E-state index in [1.54, 1.807) is 17.0 Å². The van der Waals surface area contributed by atoms with E-state index in [0.717, 1.165) is 22.0 Å². The van der Waals surface area contributed by atoms with Crippen molar-refractivity contribution in [3.63, 3.8) is 0 Å². The molecular formula is C19H15N5O. The molecule has 4 aromatic rings. The highest BCUT2D eigenvalue weighted by molar-refractivity contribution is 6.07. The summed E-state index contributed by atoms with van der Waals surface area (Å²) in [5.41, 5.74) is 3.47. The molecule has 2 aromatic carbocycles. The zero-order valence-electron chi connectivity index (χ0n) is 13.6. The Morgan fingerprint density at radius 2 is 1.76 bits per heavy atom. The maximum absolute atomic E-state index is 12.9. The number of para-hydroxylation sites is 1. The van der Waals surface area contributed by atoms with E-state index >= 15 is 0 Å². The maximum Gasteiger partial charge on any atom is 0.262 e. The van der Waals surface area contributed by atoms with E-state index in [0.29, 0.717) is 5.56 Å². The largest absolute Gasteiger partial charge is 0.282 e. The number of rotatable bonds is 3. The Kier molecular flexibility index (Phi) is 3.70. The van der Waals surface area contributed by atoms with Gasteiger partial charge < -0.3 is 0 Å². The summed E-state index contributed by atoms with van der Waals surface area (Å²) in [6.07, 6.45) is 6.52. The zero-order chi connectivity index (χ0) is 17.2. The second-order valence-electron chi connectivity index (χ2n) is 5.73. The molecule has 0 spiro atoms. The van der Waals surface area contributed by atoms with Crippen molar-refractivity contribution in [3.8, 4) is 0 Å². The molecule has 6 heteroatoms. The van der Waals surface area contributed by atoms with Gasteiger partial charge in [-0.3, -0.25) is 9.36 Å². The molecule has 2 heterocycles. The van der Waals surface area contributed by atoms with Crippen LogP contribution in [0.1, 0.15) is 21.5 Å². The maximum atomic E-state index is 12.9. The van der Waals surface area contributed by atoms with E-state index in [-0.39, 0.29) is 5.91 Å². The van der Waals surface area contributed by atoms with Gasteiger partial charge in [0.25, 0.3) is 5.91 Å². The fourth-order valence-corrected chi connectivity index (χ4v) is 2.70. The Morgan fingerprint density at radius 1 is 1.04 bits per heavy atom. The number of benzene rings is 2. The van der Waals surface area contributed by atoms with Crippen LogP contribution in [-0.4, -0.2) is 31.6 Å². The highest BCUT2D eigenvalue weighted by Crippen LogP contribution is 2.21. The summed E-state index contributed by atoms with van der Waals surface area (Å²) < 4.78 is 3.17. The topological polar surface area (TPSA) is 65.1 Å². The Labute approximate surface area is 144 Å². The Morgan fingerprint density at radius 3 is 2.52 bits per heavy atom. The number of aromatic nitrogens is 4. The van der Waals surface area contributed by atoms with E-state index in [4.69, 9.17) is 0 Å². The molecule has 0 aliphatic carbocycles. The van der Waals surface area contributed by atoms with Crippen LogP contribution in [0.4, 0.5) is 0 Å². The van der Waals surface area contributed by atoms with Crippen molar-refractivity contribution >= 4 is 23.0 Å². The summed E-state index contributed by atoms with van der Waals surface area (Å²) in [5, 5.41) is 12.7. The summed E-state index contributed by atoms with van der Waals surface area (Å²) in [4.78, 5) is 12.9. The van der Waals surface area contributed by atoms with Crippen LogP contribution in [0.5, 0.6) is 0 Å². The summed E-state index contributed by atoms with van der Waals surface area (Å²) in [7, 11) is 0. The normalized spacial score (nSPS) is 11.4. The molecule has 122 valence electrons. The molecule has 0 unspecified atom stereocenters. The molecule has 0 aliphatic rings. The standard InChI is InChI=1S/C19H15N5O/c1-14-6-8-15(9-7-14)19(25)24-11-16(10-22-23-12-20-21-13-23)17-4-2-3-5-18(17)24/h2-13H,1H3/b22-10+. The van der Waals surface area contributed by atoms with E-state index in [1.165, 1.54) is 17.3 Å². The van der Waals surface area contributed by atoms with Crippen LogP contribution >= 0.6 is 0 Å². The minimum atomic E-state index is -0.0693. The molecular weight excluding hydrogens is 314 g/mol. The minimum absolute atomic E-state index is 0.0693. The first-order valence-electron chi connectivity index (χ1n) is 7.83. The van der Waals surface area contributed by atoms with Gasteiger partial charge in [0.05, 0.1) is 11.7 Å². The van der Waals surface area contributed by atoms with Crippen LogP contribution in [-0.2, 0) is 0 Å². The van der Waals surface area contributed by atoms with Gasteiger partial charge in [0.2, 0.25) is 0 Å². The van der Waals surface area contributed by atoms with Gasteiger partial charge in [-0.2, -0.15) is 5.10 Å². The number of hydrogen-bond acceptors (Lipinski definition) is 4. The van der Waals surface area contributed by atoms with Crippen molar-refractivity contribution in [2.75, 3.05) is 0 Å². The van der Waals surface area contributed by atoms with Crippen molar-refractivity contribution in [1.82, 2.24) is 19.4 Å².